The van der Waals surface area contributed by atoms with Crippen LogP contribution in [0.2, 0.25) is 0 Å². The highest BCUT2D eigenvalue weighted by Crippen LogP contribution is 2.14. The van der Waals surface area contributed by atoms with Gasteiger partial charge in [-0.1, -0.05) is 17.3 Å². The van der Waals surface area contributed by atoms with Crippen LogP contribution in [-0.4, -0.2) is 23.3 Å². The minimum absolute atomic E-state index is 0.518. The van der Waals surface area contributed by atoms with E-state index in [-0.39, 0.29) is 0 Å². The highest BCUT2D eigenvalue weighted by Gasteiger charge is 2.01. The Kier molecular flexibility index (Phi) is 3.50. The number of rotatable bonds is 5. The number of nitrogens with two attached hydrogens (primary N) is 1. The van der Waals surface area contributed by atoms with E-state index in [1.165, 1.54) is 6.33 Å². The lowest BCUT2D eigenvalue weighted by Gasteiger charge is -2.04. The van der Waals surface area contributed by atoms with Gasteiger partial charge in [0.25, 0.3) is 0 Å². The topological polar surface area (TPSA) is 74.2 Å². The lowest BCUT2D eigenvalue weighted by atomic mass is 10.1. The summed E-state index contributed by atoms with van der Waals surface area (Å²) in [5.74, 6) is 1.43. The Bertz CT molecular complexity index is 411. The number of aromatic nitrogens is 2. The van der Waals surface area contributed by atoms with Gasteiger partial charge in [-0.05, 0) is 17.7 Å². The van der Waals surface area contributed by atoms with Gasteiger partial charge >= 0.3 is 0 Å². The lowest BCUT2D eigenvalue weighted by molar-refractivity contribution is 0.328. The van der Waals surface area contributed by atoms with E-state index in [2.05, 4.69) is 10.1 Å². The summed E-state index contributed by atoms with van der Waals surface area (Å²) < 4.78 is 10.3. The fraction of sp³-hybridized carbons (Fsp3) is 0.273. The van der Waals surface area contributed by atoms with Gasteiger partial charge in [0, 0.05) is 6.54 Å². The molecule has 5 nitrogen and oxygen atoms in total. The SMILES string of the molecule is NCCOc1ccc(Cc2ncno2)cc1. The van der Waals surface area contributed by atoms with Gasteiger partial charge < -0.3 is 15.0 Å². The van der Waals surface area contributed by atoms with Crippen LogP contribution in [0, 0.1) is 0 Å². The maximum atomic E-state index is 5.37. The molecule has 0 spiro atoms. The van der Waals surface area contributed by atoms with Crippen molar-refractivity contribution in [3.8, 4) is 5.75 Å². The molecular weight excluding hydrogens is 206 g/mol. The Hall–Kier alpha value is -1.88. The fourth-order valence-electron chi connectivity index (χ4n) is 1.33. The molecule has 16 heavy (non-hydrogen) atoms. The van der Waals surface area contributed by atoms with E-state index >= 15 is 0 Å². The molecule has 2 aromatic rings. The number of benzene rings is 1. The van der Waals surface area contributed by atoms with E-state index in [9.17, 15) is 0 Å². The highest BCUT2D eigenvalue weighted by atomic mass is 16.5. The molecule has 0 unspecified atom stereocenters. The fourth-order valence-corrected chi connectivity index (χ4v) is 1.33. The molecule has 0 amide bonds. The molecule has 0 atom stereocenters. The van der Waals surface area contributed by atoms with Gasteiger partial charge in [0.1, 0.15) is 12.4 Å². The van der Waals surface area contributed by atoms with Gasteiger partial charge in [0.05, 0.1) is 6.42 Å². The Morgan fingerprint density at radius 2 is 2.06 bits per heavy atom. The van der Waals surface area contributed by atoms with Crippen molar-refractivity contribution in [2.45, 2.75) is 6.42 Å². The third kappa shape index (κ3) is 2.80. The monoisotopic (exact) mass is 219 g/mol. The van der Waals surface area contributed by atoms with Crippen LogP contribution in [-0.2, 0) is 6.42 Å². The maximum Gasteiger partial charge on any atom is 0.230 e. The molecule has 0 bridgehead atoms. The van der Waals surface area contributed by atoms with Crippen molar-refractivity contribution in [3.05, 3.63) is 42.0 Å². The summed E-state index contributed by atoms with van der Waals surface area (Å²) in [5, 5.41) is 3.55. The van der Waals surface area contributed by atoms with Gasteiger partial charge in [0.2, 0.25) is 5.89 Å². The molecule has 0 aliphatic rings. The Morgan fingerprint density at radius 1 is 1.25 bits per heavy atom. The number of hydrogen-bond donors (Lipinski definition) is 1. The van der Waals surface area contributed by atoms with Gasteiger partial charge in [-0.15, -0.1) is 0 Å². The summed E-state index contributed by atoms with van der Waals surface area (Å²) in [6.07, 6.45) is 2.03. The van der Waals surface area contributed by atoms with Crippen molar-refractivity contribution in [1.29, 1.82) is 0 Å². The van der Waals surface area contributed by atoms with Gasteiger partial charge in [0.15, 0.2) is 6.33 Å². The average molecular weight is 219 g/mol. The van der Waals surface area contributed by atoms with Crippen LogP contribution in [0.25, 0.3) is 0 Å². The molecule has 0 aliphatic carbocycles. The minimum Gasteiger partial charge on any atom is -0.492 e. The van der Waals surface area contributed by atoms with Crippen LogP contribution in [0.1, 0.15) is 11.5 Å². The van der Waals surface area contributed by atoms with E-state index in [4.69, 9.17) is 15.0 Å². The molecule has 1 aromatic heterocycles. The second-order valence-corrected chi connectivity index (χ2v) is 3.29. The first-order valence-electron chi connectivity index (χ1n) is 5.06. The quantitative estimate of drug-likeness (QED) is 0.812. The first kappa shape index (κ1) is 10.6. The molecule has 0 saturated carbocycles. The van der Waals surface area contributed by atoms with E-state index < -0.39 is 0 Å². The summed E-state index contributed by atoms with van der Waals surface area (Å²) in [6.45, 7) is 1.05. The van der Waals surface area contributed by atoms with Crippen molar-refractivity contribution in [3.63, 3.8) is 0 Å². The molecule has 2 N–H and O–H groups in total. The molecule has 1 heterocycles. The maximum absolute atomic E-state index is 5.37. The normalized spacial score (nSPS) is 10.3. The zero-order valence-electron chi connectivity index (χ0n) is 8.80. The van der Waals surface area contributed by atoms with Crippen LogP contribution >= 0.6 is 0 Å². The lowest BCUT2D eigenvalue weighted by Crippen LogP contribution is -2.10. The second kappa shape index (κ2) is 5.27. The molecule has 1 aromatic carbocycles. The molecule has 5 heteroatoms. The summed E-state index contributed by atoms with van der Waals surface area (Å²) >= 11 is 0. The predicted octanol–water partition coefficient (Wildman–Crippen LogP) is 0.998. The van der Waals surface area contributed by atoms with Crippen LogP contribution in [0.4, 0.5) is 0 Å². The molecular formula is C11H13N3O2. The van der Waals surface area contributed by atoms with Crippen LogP contribution in [0.15, 0.2) is 35.1 Å². The molecule has 0 fully saturated rings. The average Bonchev–Trinajstić information content (AvgIpc) is 2.81. The standard InChI is InChI=1S/C11H13N3O2/c12-5-6-15-10-3-1-9(2-4-10)7-11-13-8-14-16-11/h1-4,8H,5-7,12H2. The molecule has 0 saturated heterocycles. The Morgan fingerprint density at radius 3 is 2.69 bits per heavy atom. The zero-order valence-corrected chi connectivity index (χ0v) is 8.80. The van der Waals surface area contributed by atoms with Crippen molar-refractivity contribution < 1.29 is 9.26 Å². The van der Waals surface area contributed by atoms with Crippen molar-refractivity contribution in [1.82, 2.24) is 10.1 Å². The van der Waals surface area contributed by atoms with Gasteiger partial charge in [-0.3, -0.25) is 0 Å². The highest BCUT2D eigenvalue weighted by molar-refractivity contribution is 5.28. The van der Waals surface area contributed by atoms with Gasteiger partial charge in [-0.2, -0.15) is 4.98 Å². The summed E-state index contributed by atoms with van der Waals surface area (Å²) in [5.41, 5.74) is 6.45. The zero-order chi connectivity index (χ0) is 11.2. The first-order valence-corrected chi connectivity index (χ1v) is 5.06. The predicted molar refractivity (Wildman–Crippen MR) is 58.1 cm³/mol. The first-order chi connectivity index (χ1) is 7.88. The summed E-state index contributed by atoms with van der Waals surface area (Å²) in [4.78, 5) is 3.96. The Labute approximate surface area is 93.2 Å². The molecule has 0 aliphatic heterocycles. The van der Waals surface area contributed by atoms with Crippen molar-refractivity contribution >= 4 is 0 Å². The number of nitrogens with zero attached hydrogens (tertiary/aromatic N) is 2. The van der Waals surface area contributed by atoms with Crippen LogP contribution in [0.3, 0.4) is 0 Å². The Balaban J connectivity index is 1.96. The number of hydrogen-bond acceptors (Lipinski definition) is 5. The second-order valence-electron chi connectivity index (χ2n) is 3.29. The van der Waals surface area contributed by atoms with Crippen LogP contribution in [0.5, 0.6) is 5.75 Å². The smallest absolute Gasteiger partial charge is 0.230 e. The largest absolute Gasteiger partial charge is 0.492 e. The van der Waals surface area contributed by atoms with E-state index in [0.29, 0.717) is 25.5 Å². The summed E-state index contributed by atoms with van der Waals surface area (Å²) in [6, 6.07) is 7.74. The van der Waals surface area contributed by atoms with E-state index in [1.807, 2.05) is 24.3 Å². The van der Waals surface area contributed by atoms with Crippen LogP contribution < -0.4 is 10.5 Å². The third-order valence-corrected chi connectivity index (χ3v) is 2.07. The minimum atomic E-state index is 0.518. The molecule has 84 valence electrons. The van der Waals surface area contributed by atoms with E-state index in [1.54, 1.807) is 0 Å². The van der Waals surface area contributed by atoms with Gasteiger partial charge in [-0.25, -0.2) is 0 Å². The summed E-state index contributed by atoms with van der Waals surface area (Å²) in [7, 11) is 0. The molecule has 2 rings (SSSR count). The third-order valence-electron chi connectivity index (χ3n) is 2.07. The van der Waals surface area contributed by atoms with Crippen molar-refractivity contribution in [2.24, 2.45) is 5.73 Å². The van der Waals surface area contributed by atoms with Crippen molar-refractivity contribution in [2.75, 3.05) is 13.2 Å². The molecule has 0 radical (unpaired) electrons. The number of ether oxygens (including phenoxy) is 1. The van der Waals surface area contributed by atoms with E-state index in [0.717, 1.165) is 11.3 Å².